The summed E-state index contributed by atoms with van der Waals surface area (Å²) in [5.74, 6) is -0.297. The van der Waals surface area contributed by atoms with E-state index >= 15 is 0 Å². The number of esters is 1. The molecule has 4 nitrogen and oxygen atoms in total. The molecule has 0 aliphatic heterocycles. The lowest BCUT2D eigenvalue weighted by Gasteiger charge is -2.16. The Hall–Kier alpha value is -1.08. The quantitative estimate of drug-likeness (QED) is 0.588. The minimum Gasteiger partial charge on any atom is -0.465 e. The number of likely N-dealkylation sites (N-methyl/N-ethyl adjacent to an activating group) is 1. The van der Waals surface area contributed by atoms with Crippen molar-refractivity contribution in [1.82, 2.24) is 4.90 Å². The summed E-state index contributed by atoms with van der Waals surface area (Å²) in [4.78, 5) is 12.8. The van der Waals surface area contributed by atoms with Crippen molar-refractivity contribution >= 4 is 5.97 Å². The molecule has 1 atom stereocenters. The first-order valence-electron chi connectivity index (χ1n) is 4.34. The zero-order valence-electron chi connectivity index (χ0n) is 8.41. The van der Waals surface area contributed by atoms with Crippen LogP contribution in [0.5, 0.6) is 0 Å². The van der Waals surface area contributed by atoms with Crippen LogP contribution in [-0.2, 0) is 9.53 Å². The van der Waals surface area contributed by atoms with E-state index in [9.17, 15) is 4.79 Å². The Morgan fingerprint density at radius 3 is 2.77 bits per heavy atom. The van der Waals surface area contributed by atoms with Crippen LogP contribution in [0.2, 0.25) is 0 Å². The van der Waals surface area contributed by atoms with Crippen LogP contribution in [0.15, 0.2) is 0 Å². The number of rotatable bonds is 5. The molecular formula is C9H16N2O2. The molecule has 0 aliphatic rings. The van der Waals surface area contributed by atoms with Gasteiger partial charge in [-0.2, -0.15) is 5.26 Å². The van der Waals surface area contributed by atoms with E-state index < -0.39 is 0 Å². The number of nitrogens with zero attached hydrogens (tertiary/aromatic N) is 2. The highest BCUT2D eigenvalue weighted by molar-refractivity contribution is 5.71. The second-order valence-electron chi connectivity index (χ2n) is 3.03. The van der Waals surface area contributed by atoms with Crippen LogP contribution in [0.25, 0.3) is 0 Å². The smallest absolute Gasteiger partial charge is 0.320 e. The first kappa shape index (κ1) is 11.9. The van der Waals surface area contributed by atoms with Crippen LogP contribution in [0.4, 0.5) is 0 Å². The van der Waals surface area contributed by atoms with Gasteiger partial charge >= 0.3 is 5.97 Å². The summed E-state index contributed by atoms with van der Waals surface area (Å²) >= 11 is 0. The van der Waals surface area contributed by atoms with E-state index in [2.05, 4.69) is 6.07 Å². The molecule has 0 aromatic rings. The molecule has 0 heterocycles. The predicted octanol–water partition coefficient (Wildman–Crippen LogP) is 0.641. The molecule has 0 saturated heterocycles. The summed E-state index contributed by atoms with van der Waals surface area (Å²) < 4.78 is 4.76. The monoisotopic (exact) mass is 184 g/mol. The molecule has 0 saturated carbocycles. The summed E-state index contributed by atoms with van der Waals surface area (Å²) in [5.41, 5.74) is 0. The fraction of sp³-hybridized carbons (Fsp3) is 0.778. The summed E-state index contributed by atoms with van der Waals surface area (Å²) in [6.45, 7) is 4.84. The summed E-state index contributed by atoms with van der Waals surface area (Å²) in [6.07, 6.45) is 0. The maximum atomic E-state index is 11.0. The number of ether oxygens (including phenoxy) is 1. The van der Waals surface area contributed by atoms with Crippen molar-refractivity contribution in [2.24, 2.45) is 5.92 Å². The zero-order chi connectivity index (χ0) is 10.3. The van der Waals surface area contributed by atoms with Crippen LogP contribution in [-0.4, -0.2) is 37.6 Å². The first-order valence-corrected chi connectivity index (χ1v) is 4.34. The molecule has 0 bridgehead atoms. The molecule has 0 fully saturated rings. The molecule has 0 aliphatic carbocycles. The molecule has 0 spiro atoms. The molecule has 0 N–H and O–H groups in total. The average molecular weight is 184 g/mol. The van der Waals surface area contributed by atoms with Crippen molar-refractivity contribution < 1.29 is 9.53 Å². The summed E-state index contributed by atoms with van der Waals surface area (Å²) in [6, 6.07) is 2.11. The number of hydrogen-bond donors (Lipinski definition) is 0. The van der Waals surface area contributed by atoms with Gasteiger partial charge in [0.15, 0.2) is 0 Å². The third-order valence-electron chi connectivity index (χ3n) is 1.51. The largest absolute Gasteiger partial charge is 0.465 e. The Bertz CT molecular complexity index is 198. The normalized spacial score (nSPS) is 12.2. The maximum absolute atomic E-state index is 11.0. The van der Waals surface area contributed by atoms with Gasteiger partial charge in [-0.1, -0.05) is 0 Å². The standard InChI is InChI=1S/C9H16N2O2/c1-4-13-9(12)7-11(3)6-8(2)5-10/h8H,4,6-7H2,1-3H3. The van der Waals surface area contributed by atoms with Gasteiger partial charge in [0.05, 0.1) is 25.1 Å². The van der Waals surface area contributed by atoms with Crippen molar-refractivity contribution in [3.05, 3.63) is 0 Å². The Balaban J connectivity index is 3.68. The highest BCUT2D eigenvalue weighted by atomic mass is 16.5. The van der Waals surface area contributed by atoms with Crippen molar-refractivity contribution in [2.45, 2.75) is 13.8 Å². The number of carbonyl (C=O) groups excluding carboxylic acids is 1. The van der Waals surface area contributed by atoms with E-state index in [1.807, 2.05) is 6.92 Å². The van der Waals surface area contributed by atoms with Gasteiger partial charge in [-0.15, -0.1) is 0 Å². The molecule has 74 valence electrons. The van der Waals surface area contributed by atoms with E-state index in [4.69, 9.17) is 10.00 Å². The van der Waals surface area contributed by atoms with Gasteiger partial charge in [0, 0.05) is 6.54 Å². The Morgan fingerprint density at radius 2 is 2.31 bits per heavy atom. The van der Waals surface area contributed by atoms with Gasteiger partial charge in [-0.25, -0.2) is 0 Å². The molecule has 0 rings (SSSR count). The third-order valence-corrected chi connectivity index (χ3v) is 1.51. The molecule has 1 unspecified atom stereocenters. The molecule has 4 heteroatoms. The van der Waals surface area contributed by atoms with Crippen LogP contribution >= 0.6 is 0 Å². The number of hydrogen-bond acceptors (Lipinski definition) is 4. The Labute approximate surface area is 79.1 Å². The molecule has 0 aromatic heterocycles. The van der Waals surface area contributed by atoms with Gasteiger partial charge in [-0.05, 0) is 20.9 Å². The molecule has 0 radical (unpaired) electrons. The minimum absolute atomic E-state index is 0.0561. The lowest BCUT2D eigenvalue weighted by Crippen LogP contribution is -2.30. The summed E-state index contributed by atoms with van der Waals surface area (Å²) in [5, 5.41) is 8.53. The van der Waals surface area contributed by atoms with Crippen LogP contribution in [0.1, 0.15) is 13.8 Å². The van der Waals surface area contributed by atoms with E-state index in [0.717, 1.165) is 0 Å². The Morgan fingerprint density at radius 1 is 1.69 bits per heavy atom. The van der Waals surface area contributed by atoms with Gasteiger partial charge in [-0.3, -0.25) is 9.69 Å². The lowest BCUT2D eigenvalue weighted by atomic mass is 10.2. The highest BCUT2D eigenvalue weighted by Crippen LogP contribution is 1.95. The fourth-order valence-electron chi connectivity index (χ4n) is 1.000. The van der Waals surface area contributed by atoms with Gasteiger partial charge in [0.25, 0.3) is 0 Å². The van der Waals surface area contributed by atoms with E-state index in [1.54, 1.807) is 18.9 Å². The molecule has 0 aromatic carbocycles. The van der Waals surface area contributed by atoms with Gasteiger partial charge < -0.3 is 4.74 Å². The van der Waals surface area contributed by atoms with E-state index in [1.165, 1.54) is 0 Å². The molecule has 0 amide bonds. The van der Waals surface area contributed by atoms with Crippen LogP contribution in [0, 0.1) is 17.2 Å². The van der Waals surface area contributed by atoms with Gasteiger partial charge in [0.1, 0.15) is 0 Å². The molecule has 13 heavy (non-hydrogen) atoms. The van der Waals surface area contributed by atoms with Crippen molar-refractivity contribution in [3.8, 4) is 6.07 Å². The van der Waals surface area contributed by atoms with Crippen molar-refractivity contribution in [1.29, 1.82) is 5.26 Å². The van der Waals surface area contributed by atoms with Crippen LogP contribution in [0.3, 0.4) is 0 Å². The third kappa shape index (κ3) is 6.12. The fourth-order valence-corrected chi connectivity index (χ4v) is 1.000. The predicted molar refractivity (Wildman–Crippen MR) is 48.9 cm³/mol. The SMILES string of the molecule is CCOC(=O)CN(C)CC(C)C#N. The number of nitriles is 1. The minimum atomic E-state index is -0.241. The summed E-state index contributed by atoms with van der Waals surface area (Å²) in [7, 11) is 1.80. The van der Waals surface area contributed by atoms with E-state index in [-0.39, 0.29) is 18.4 Å². The topological polar surface area (TPSA) is 53.3 Å². The first-order chi connectivity index (χ1) is 6.10. The zero-order valence-corrected chi connectivity index (χ0v) is 8.41. The lowest BCUT2D eigenvalue weighted by molar-refractivity contribution is -0.144. The second-order valence-corrected chi connectivity index (χ2v) is 3.03. The maximum Gasteiger partial charge on any atom is 0.320 e. The average Bonchev–Trinajstić information content (AvgIpc) is 2.04. The van der Waals surface area contributed by atoms with Crippen molar-refractivity contribution in [2.75, 3.05) is 26.7 Å². The Kier molecular flexibility index (Phi) is 5.90. The van der Waals surface area contributed by atoms with E-state index in [0.29, 0.717) is 13.2 Å². The second kappa shape index (κ2) is 6.44. The van der Waals surface area contributed by atoms with Gasteiger partial charge in [0.2, 0.25) is 0 Å². The number of carbonyl (C=O) groups is 1. The molecular weight excluding hydrogens is 168 g/mol. The highest BCUT2D eigenvalue weighted by Gasteiger charge is 2.09. The van der Waals surface area contributed by atoms with Crippen LogP contribution < -0.4 is 0 Å². The van der Waals surface area contributed by atoms with Crippen molar-refractivity contribution in [3.63, 3.8) is 0 Å².